The Balaban J connectivity index is 1.98. The second-order valence-electron chi connectivity index (χ2n) is 5.43. The molecule has 0 unspecified atom stereocenters. The minimum Gasteiger partial charge on any atom is -0.506 e. The fourth-order valence-electron chi connectivity index (χ4n) is 2.65. The van der Waals surface area contributed by atoms with Crippen molar-refractivity contribution in [3.8, 4) is 5.75 Å². The van der Waals surface area contributed by atoms with Crippen molar-refractivity contribution in [3.63, 3.8) is 0 Å². The molecule has 1 fully saturated rings. The van der Waals surface area contributed by atoms with E-state index in [1.807, 2.05) is 13.1 Å². The molecule has 0 atom stereocenters. The molecule has 1 aromatic rings. The van der Waals surface area contributed by atoms with Crippen LogP contribution in [-0.4, -0.2) is 35.3 Å². The van der Waals surface area contributed by atoms with Gasteiger partial charge in [0.15, 0.2) is 0 Å². The molecule has 2 N–H and O–H groups in total. The van der Waals surface area contributed by atoms with E-state index in [9.17, 15) is 10.2 Å². The van der Waals surface area contributed by atoms with Crippen LogP contribution in [0, 0.1) is 5.41 Å². The lowest BCUT2D eigenvalue weighted by atomic mass is 9.69. The van der Waals surface area contributed by atoms with Crippen LogP contribution in [0.5, 0.6) is 5.75 Å². The summed E-state index contributed by atoms with van der Waals surface area (Å²) in [7, 11) is 2.02. The summed E-state index contributed by atoms with van der Waals surface area (Å²) in [5.74, 6) is 0.128. The lowest BCUT2D eigenvalue weighted by Gasteiger charge is -2.43. The monoisotopic (exact) mass is 269 g/mol. The van der Waals surface area contributed by atoms with Gasteiger partial charge in [-0.3, -0.25) is 0 Å². The molecule has 1 saturated carbocycles. The summed E-state index contributed by atoms with van der Waals surface area (Å²) >= 11 is 6.06. The molecule has 0 amide bonds. The first-order valence-electron chi connectivity index (χ1n) is 6.32. The third-order valence-electron chi connectivity index (χ3n) is 3.85. The fourth-order valence-corrected chi connectivity index (χ4v) is 2.84. The Labute approximate surface area is 113 Å². The van der Waals surface area contributed by atoms with Gasteiger partial charge in [0, 0.05) is 25.1 Å². The Hall–Kier alpha value is -0.770. The highest BCUT2D eigenvalue weighted by Crippen LogP contribution is 2.41. The highest BCUT2D eigenvalue weighted by atomic mass is 35.5. The van der Waals surface area contributed by atoms with Crippen molar-refractivity contribution < 1.29 is 10.2 Å². The van der Waals surface area contributed by atoms with Gasteiger partial charge in [0.25, 0.3) is 0 Å². The lowest BCUT2D eigenvalue weighted by Crippen LogP contribution is -2.43. The largest absolute Gasteiger partial charge is 0.506 e. The normalized spacial score (nSPS) is 17.8. The first kappa shape index (κ1) is 13.7. The van der Waals surface area contributed by atoms with Crippen LogP contribution in [0.3, 0.4) is 0 Å². The molecule has 0 aromatic heterocycles. The standard InChI is InChI=1S/C14H20ClNO2/c1-16(9-14(10-17)6-3-7-14)8-11-4-2-5-12(18)13(11)15/h2,4-5,17-18H,3,6-10H2,1H3. The van der Waals surface area contributed by atoms with Crippen molar-refractivity contribution in [2.45, 2.75) is 25.8 Å². The van der Waals surface area contributed by atoms with E-state index in [4.69, 9.17) is 11.6 Å². The number of hydrogen-bond donors (Lipinski definition) is 2. The Bertz CT molecular complexity index is 413. The van der Waals surface area contributed by atoms with Crippen LogP contribution in [0.2, 0.25) is 5.02 Å². The van der Waals surface area contributed by atoms with E-state index in [0.717, 1.165) is 24.9 Å². The average Bonchev–Trinajstić information content (AvgIpc) is 2.30. The number of nitrogens with zero attached hydrogens (tertiary/aromatic N) is 1. The summed E-state index contributed by atoms with van der Waals surface area (Å²) in [6, 6.07) is 5.31. The molecule has 1 aromatic carbocycles. The van der Waals surface area contributed by atoms with E-state index in [-0.39, 0.29) is 17.8 Å². The predicted molar refractivity (Wildman–Crippen MR) is 72.8 cm³/mol. The number of halogens is 1. The summed E-state index contributed by atoms with van der Waals surface area (Å²) < 4.78 is 0. The van der Waals surface area contributed by atoms with E-state index in [2.05, 4.69) is 4.90 Å². The molecule has 0 radical (unpaired) electrons. The third-order valence-corrected chi connectivity index (χ3v) is 4.29. The minimum atomic E-state index is 0.0814. The molecule has 3 nitrogen and oxygen atoms in total. The van der Waals surface area contributed by atoms with Crippen LogP contribution < -0.4 is 0 Å². The molecule has 0 aliphatic heterocycles. The smallest absolute Gasteiger partial charge is 0.134 e. The average molecular weight is 270 g/mol. The molecule has 4 heteroatoms. The van der Waals surface area contributed by atoms with E-state index < -0.39 is 0 Å². The number of rotatable bonds is 5. The van der Waals surface area contributed by atoms with Crippen LogP contribution >= 0.6 is 11.6 Å². The van der Waals surface area contributed by atoms with E-state index in [0.29, 0.717) is 11.6 Å². The number of aromatic hydroxyl groups is 1. The molecule has 0 spiro atoms. The lowest BCUT2D eigenvalue weighted by molar-refractivity contribution is 0.0127. The Morgan fingerprint density at radius 1 is 1.39 bits per heavy atom. The second kappa shape index (κ2) is 5.47. The summed E-state index contributed by atoms with van der Waals surface area (Å²) in [6.07, 6.45) is 3.41. The maximum atomic E-state index is 9.56. The number of aliphatic hydroxyl groups is 1. The second-order valence-corrected chi connectivity index (χ2v) is 5.81. The van der Waals surface area contributed by atoms with Crippen molar-refractivity contribution in [1.82, 2.24) is 4.90 Å². The number of hydrogen-bond acceptors (Lipinski definition) is 3. The van der Waals surface area contributed by atoms with E-state index in [1.165, 1.54) is 6.42 Å². The highest BCUT2D eigenvalue weighted by Gasteiger charge is 2.37. The van der Waals surface area contributed by atoms with Crippen LogP contribution in [0.1, 0.15) is 24.8 Å². The van der Waals surface area contributed by atoms with Gasteiger partial charge in [0.1, 0.15) is 5.75 Å². The molecule has 0 bridgehead atoms. The van der Waals surface area contributed by atoms with Crippen molar-refractivity contribution >= 4 is 11.6 Å². The van der Waals surface area contributed by atoms with Crippen molar-refractivity contribution in [2.75, 3.05) is 20.2 Å². The minimum absolute atomic E-state index is 0.0814. The predicted octanol–water partition coefficient (Wildman–Crippen LogP) is 2.64. The van der Waals surface area contributed by atoms with Gasteiger partial charge in [-0.25, -0.2) is 0 Å². The Kier molecular flexibility index (Phi) is 4.15. The number of phenols is 1. The highest BCUT2D eigenvalue weighted by molar-refractivity contribution is 6.32. The van der Waals surface area contributed by atoms with Crippen molar-refractivity contribution in [1.29, 1.82) is 0 Å². The van der Waals surface area contributed by atoms with Crippen LogP contribution in [-0.2, 0) is 6.54 Å². The van der Waals surface area contributed by atoms with Crippen LogP contribution in [0.25, 0.3) is 0 Å². The molecular formula is C14H20ClNO2. The molecule has 0 saturated heterocycles. The molecule has 1 aliphatic carbocycles. The van der Waals surface area contributed by atoms with Gasteiger partial charge in [0.2, 0.25) is 0 Å². The maximum Gasteiger partial charge on any atom is 0.134 e. The topological polar surface area (TPSA) is 43.7 Å². The number of benzene rings is 1. The van der Waals surface area contributed by atoms with Gasteiger partial charge < -0.3 is 15.1 Å². The van der Waals surface area contributed by atoms with Crippen LogP contribution in [0.15, 0.2) is 18.2 Å². The molecular weight excluding hydrogens is 250 g/mol. The molecule has 18 heavy (non-hydrogen) atoms. The van der Waals surface area contributed by atoms with E-state index >= 15 is 0 Å². The molecule has 0 heterocycles. The Morgan fingerprint density at radius 2 is 2.11 bits per heavy atom. The summed E-state index contributed by atoms with van der Waals surface area (Å²) in [4.78, 5) is 2.16. The van der Waals surface area contributed by atoms with Gasteiger partial charge >= 0.3 is 0 Å². The van der Waals surface area contributed by atoms with Gasteiger partial charge in [-0.15, -0.1) is 0 Å². The first-order valence-corrected chi connectivity index (χ1v) is 6.70. The maximum absolute atomic E-state index is 9.56. The summed E-state index contributed by atoms with van der Waals surface area (Å²) in [5.41, 5.74) is 1.00. The van der Waals surface area contributed by atoms with Gasteiger partial charge in [-0.1, -0.05) is 30.2 Å². The summed E-state index contributed by atoms with van der Waals surface area (Å²) in [6.45, 7) is 1.82. The zero-order valence-corrected chi connectivity index (χ0v) is 11.5. The Morgan fingerprint density at radius 3 is 2.67 bits per heavy atom. The van der Waals surface area contributed by atoms with E-state index in [1.54, 1.807) is 12.1 Å². The number of phenolic OH excluding ortho intramolecular Hbond substituents is 1. The zero-order chi connectivity index (χ0) is 13.2. The number of aliphatic hydroxyl groups excluding tert-OH is 1. The SMILES string of the molecule is CN(Cc1cccc(O)c1Cl)CC1(CO)CCC1. The first-order chi connectivity index (χ1) is 8.56. The van der Waals surface area contributed by atoms with Crippen molar-refractivity contribution in [2.24, 2.45) is 5.41 Å². The van der Waals surface area contributed by atoms with Crippen LogP contribution in [0.4, 0.5) is 0 Å². The van der Waals surface area contributed by atoms with Gasteiger partial charge in [-0.05, 0) is 31.5 Å². The van der Waals surface area contributed by atoms with Crippen molar-refractivity contribution in [3.05, 3.63) is 28.8 Å². The molecule has 1 aliphatic rings. The molecule has 100 valence electrons. The third kappa shape index (κ3) is 2.79. The van der Waals surface area contributed by atoms with Gasteiger partial charge in [0.05, 0.1) is 5.02 Å². The summed E-state index contributed by atoms with van der Waals surface area (Å²) in [5, 5.41) is 19.4. The fraction of sp³-hybridized carbons (Fsp3) is 0.571. The molecule has 2 rings (SSSR count). The quantitative estimate of drug-likeness (QED) is 0.864. The zero-order valence-electron chi connectivity index (χ0n) is 10.7. The van der Waals surface area contributed by atoms with Gasteiger partial charge in [-0.2, -0.15) is 0 Å².